The minimum atomic E-state index is -0.219. The van der Waals surface area contributed by atoms with Crippen molar-refractivity contribution >= 4 is 0 Å². The zero-order chi connectivity index (χ0) is 10.0. The van der Waals surface area contributed by atoms with Gasteiger partial charge in [0.2, 0.25) is 0 Å². The summed E-state index contributed by atoms with van der Waals surface area (Å²) in [6.07, 6.45) is 3.12. The van der Waals surface area contributed by atoms with Crippen LogP contribution in [0, 0.1) is 0 Å². The average Bonchev–Trinajstić information content (AvgIpc) is 2.19. The van der Waals surface area contributed by atoms with Gasteiger partial charge in [-0.3, -0.25) is 0 Å². The molecule has 14 heavy (non-hydrogen) atoms. The summed E-state index contributed by atoms with van der Waals surface area (Å²) in [6.45, 7) is 8.47. The summed E-state index contributed by atoms with van der Waals surface area (Å²) >= 11 is 0. The van der Waals surface area contributed by atoms with Crippen molar-refractivity contribution in [3.05, 3.63) is 0 Å². The molecule has 0 aromatic rings. The largest absolute Gasteiger partial charge is 0.350 e. The topological polar surface area (TPSA) is 21.7 Å². The summed E-state index contributed by atoms with van der Waals surface area (Å²) in [5.41, 5.74) is 0. The van der Waals surface area contributed by atoms with Gasteiger partial charge in [0.25, 0.3) is 0 Å². The highest BCUT2D eigenvalue weighted by atomic mass is 16.7. The second-order valence-corrected chi connectivity index (χ2v) is 4.59. The fraction of sp³-hybridized carbons (Fsp3) is 1.00. The molecule has 0 aromatic heterocycles. The van der Waals surface area contributed by atoms with Crippen LogP contribution in [-0.2, 0) is 9.47 Å². The molecule has 0 unspecified atom stereocenters. The predicted molar refractivity (Wildman–Crippen MR) is 55.2 cm³/mol. The van der Waals surface area contributed by atoms with Crippen LogP contribution in [0.25, 0.3) is 0 Å². The van der Waals surface area contributed by atoms with E-state index in [1.807, 2.05) is 0 Å². The maximum Gasteiger partial charge on any atom is 0.170 e. The first-order chi connectivity index (χ1) is 6.72. The molecule has 0 amide bonds. The standard InChI is InChI=1S/C11H21NO2/c1-10(2)12-6-4-11(5-7-12)13-8-3-9-14-11/h10H,3-9H2,1-2H3. The van der Waals surface area contributed by atoms with Gasteiger partial charge in [0.05, 0.1) is 13.2 Å². The first-order valence-corrected chi connectivity index (χ1v) is 5.74. The third kappa shape index (κ3) is 2.10. The van der Waals surface area contributed by atoms with E-state index in [0.29, 0.717) is 6.04 Å². The summed E-state index contributed by atoms with van der Waals surface area (Å²) in [7, 11) is 0. The van der Waals surface area contributed by atoms with E-state index in [0.717, 1.165) is 45.6 Å². The van der Waals surface area contributed by atoms with Crippen LogP contribution in [-0.4, -0.2) is 43.0 Å². The van der Waals surface area contributed by atoms with Gasteiger partial charge in [-0.15, -0.1) is 0 Å². The van der Waals surface area contributed by atoms with Crippen LogP contribution >= 0.6 is 0 Å². The SMILES string of the molecule is CC(C)N1CCC2(CC1)OCCCO2. The normalized spacial score (nSPS) is 28.5. The van der Waals surface area contributed by atoms with E-state index in [1.165, 1.54) is 0 Å². The Morgan fingerprint density at radius 3 is 2.14 bits per heavy atom. The van der Waals surface area contributed by atoms with Crippen molar-refractivity contribution in [2.45, 2.75) is 44.9 Å². The second kappa shape index (κ2) is 4.17. The lowest BCUT2D eigenvalue weighted by Gasteiger charge is -2.44. The van der Waals surface area contributed by atoms with Crippen molar-refractivity contribution in [3.8, 4) is 0 Å². The number of nitrogens with zero attached hydrogens (tertiary/aromatic N) is 1. The van der Waals surface area contributed by atoms with Crippen LogP contribution in [0.15, 0.2) is 0 Å². The Balaban J connectivity index is 1.87. The zero-order valence-corrected chi connectivity index (χ0v) is 9.29. The summed E-state index contributed by atoms with van der Waals surface area (Å²) in [5.74, 6) is -0.219. The highest BCUT2D eigenvalue weighted by Gasteiger charge is 2.38. The number of ether oxygens (including phenoxy) is 2. The Hall–Kier alpha value is -0.120. The molecule has 2 aliphatic rings. The maximum absolute atomic E-state index is 5.79. The van der Waals surface area contributed by atoms with Gasteiger partial charge >= 0.3 is 0 Å². The van der Waals surface area contributed by atoms with Crippen molar-refractivity contribution in [1.82, 2.24) is 4.90 Å². The monoisotopic (exact) mass is 199 g/mol. The third-order valence-corrected chi connectivity index (χ3v) is 3.31. The molecule has 82 valence electrons. The lowest BCUT2D eigenvalue weighted by molar-refractivity contribution is -0.284. The van der Waals surface area contributed by atoms with Gasteiger partial charge in [-0.05, 0) is 20.3 Å². The molecule has 0 atom stereocenters. The molecule has 0 N–H and O–H groups in total. The van der Waals surface area contributed by atoms with E-state index in [-0.39, 0.29) is 5.79 Å². The average molecular weight is 199 g/mol. The van der Waals surface area contributed by atoms with Crippen LogP contribution in [0.3, 0.4) is 0 Å². The van der Waals surface area contributed by atoms with Crippen LogP contribution in [0.1, 0.15) is 33.1 Å². The molecule has 2 aliphatic heterocycles. The maximum atomic E-state index is 5.79. The molecule has 0 bridgehead atoms. The highest BCUT2D eigenvalue weighted by Crippen LogP contribution is 2.31. The number of piperidine rings is 1. The number of hydrogen-bond donors (Lipinski definition) is 0. The second-order valence-electron chi connectivity index (χ2n) is 4.59. The molecule has 0 radical (unpaired) electrons. The molecular formula is C11H21NO2. The van der Waals surface area contributed by atoms with Crippen LogP contribution in [0.5, 0.6) is 0 Å². The zero-order valence-electron chi connectivity index (χ0n) is 9.29. The molecule has 2 saturated heterocycles. The molecule has 0 aliphatic carbocycles. The van der Waals surface area contributed by atoms with Gasteiger partial charge in [0.1, 0.15) is 0 Å². The summed E-state index contributed by atoms with van der Waals surface area (Å²) in [4.78, 5) is 2.49. The van der Waals surface area contributed by atoms with Gasteiger partial charge in [-0.1, -0.05) is 0 Å². The molecule has 3 nitrogen and oxygen atoms in total. The van der Waals surface area contributed by atoms with Gasteiger partial charge < -0.3 is 14.4 Å². The number of hydrogen-bond acceptors (Lipinski definition) is 3. The highest BCUT2D eigenvalue weighted by molar-refractivity contribution is 4.82. The van der Waals surface area contributed by atoms with Gasteiger partial charge in [0.15, 0.2) is 5.79 Å². The summed E-state index contributed by atoms with van der Waals surface area (Å²) < 4.78 is 11.6. The molecule has 1 spiro atoms. The molecule has 3 heteroatoms. The van der Waals surface area contributed by atoms with E-state index in [4.69, 9.17) is 9.47 Å². The Morgan fingerprint density at radius 2 is 1.64 bits per heavy atom. The Labute approximate surface area is 86.4 Å². The number of rotatable bonds is 1. The van der Waals surface area contributed by atoms with E-state index < -0.39 is 0 Å². The molecule has 2 heterocycles. The third-order valence-electron chi connectivity index (χ3n) is 3.31. The first-order valence-electron chi connectivity index (χ1n) is 5.74. The van der Waals surface area contributed by atoms with Crippen LogP contribution < -0.4 is 0 Å². The van der Waals surface area contributed by atoms with Crippen molar-refractivity contribution in [3.63, 3.8) is 0 Å². The van der Waals surface area contributed by atoms with Crippen molar-refractivity contribution in [1.29, 1.82) is 0 Å². The van der Waals surface area contributed by atoms with Gasteiger partial charge in [0, 0.05) is 32.0 Å². The molecule has 2 rings (SSSR count). The summed E-state index contributed by atoms with van der Waals surface area (Å²) in [6, 6.07) is 0.649. The van der Waals surface area contributed by atoms with E-state index in [2.05, 4.69) is 18.7 Å². The molecule has 0 aromatic carbocycles. The minimum Gasteiger partial charge on any atom is -0.350 e. The minimum absolute atomic E-state index is 0.219. The van der Waals surface area contributed by atoms with E-state index >= 15 is 0 Å². The fourth-order valence-electron chi connectivity index (χ4n) is 2.29. The fourth-order valence-corrected chi connectivity index (χ4v) is 2.29. The Kier molecular flexibility index (Phi) is 3.10. The van der Waals surface area contributed by atoms with E-state index in [9.17, 15) is 0 Å². The summed E-state index contributed by atoms with van der Waals surface area (Å²) in [5, 5.41) is 0. The van der Waals surface area contributed by atoms with Crippen LogP contribution in [0.4, 0.5) is 0 Å². The van der Waals surface area contributed by atoms with Gasteiger partial charge in [-0.2, -0.15) is 0 Å². The van der Waals surface area contributed by atoms with Crippen LogP contribution in [0.2, 0.25) is 0 Å². The Morgan fingerprint density at radius 1 is 1.07 bits per heavy atom. The quantitative estimate of drug-likeness (QED) is 0.640. The first kappa shape index (κ1) is 10.4. The van der Waals surface area contributed by atoms with Gasteiger partial charge in [-0.25, -0.2) is 0 Å². The predicted octanol–water partition coefficient (Wildman–Crippen LogP) is 1.62. The van der Waals surface area contributed by atoms with E-state index in [1.54, 1.807) is 0 Å². The Bertz CT molecular complexity index is 178. The molecule has 2 fully saturated rings. The van der Waals surface area contributed by atoms with Crippen molar-refractivity contribution < 1.29 is 9.47 Å². The smallest absolute Gasteiger partial charge is 0.170 e. The molecule has 0 saturated carbocycles. The molecular weight excluding hydrogens is 178 g/mol. The van der Waals surface area contributed by atoms with Crippen molar-refractivity contribution in [2.75, 3.05) is 26.3 Å². The van der Waals surface area contributed by atoms with Crippen molar-refractivity contribution in [2.24, 2.45) is 0 Å². The lowest BCUT2D eigenvalue weighted by atomic mass is 10.0. The number of likely N-dealkylation sites (tertiary alicyclic amines) is 1. The lowest BCUT2D eigenvalue weighted by Crippen LogP contribution is -2.51.